The molecular formula is C11H16ClN. The zero-order chi connectivity index (χ0) is 8.39. The molecule has 0 amide bonds. The summed E-state index contributed by atoms with van der Waals surface area (Å²) in [6.45, 7) is 3.25. The van der Waals surface area contributed by atoms with E-state index in [4.69, 9.17) is 0 Å². The highest BCUT2D eigenvalue weighted by atomic mass is 35.5. The summed E-state index contributed by atoms with van der Waals surface area (Å²) < 4.78 is 0. The lowest BCUT2D eigenvalue weighted by atomic mass is 10.1. The Morgan fingerprint density at radius 2 is 1.77 bits per heavy atom. The SMILES string of the molecule is CCNC1Cc2ccccc2C1.Cl. The number of halogens is 1. The highest BCUT2D eigenvalue weighted by molar-refractivity contribution is 5.85. The summed E-state index contributed by atoms with van der Waals surface area (Å²) in [5.74, 6) is 0. The van der Waals surface area contributed by atoms with E-state index in [1.165, 1.54) is 24.0 Å². The number of nitrogens with one attached hydrogen (secondary N) is 1. The number of hydrogen-bond acceptors (Lipinski definition) is 1. The van der Waals surface area contributed by atoms with Gasteiger partial charge in [0.25, 0.3) is 0 Å². The molecule has 1 aromatic rings. The van der Waals surface area contributed by atoms with Crippen molar-refractivity contribution in [1.82, 2.24) is 5.32 Å². The Balaban J connectivity index is 0.000000845. The average Bonchev–Trinajstić information content (AvgIpc) is 2.47. The smallest absolute Gasteiger partial charge is 0.0148 e. The van der Waals surface area contributed by atoms with E-state index in [2.05, 4.69) is 36.5 Å². The van der Waals surface area contributed by atoms with Crippen LogP contribution in [-0.2, 0) is 12.8 Å². The molecule has 0 spiro atoms. The topological polar surface area (TPSA) is 12.0 Å². The summed E-state index contributed by atoms with van der Waals surface area (Å²) in [7, 11) is 0. The standard InChI is InChI=1S/C11H15N.ClH/c1-2-12-11-7-9-5-3-4-6-10(9)8-11;/h3-6,11-12H,2,7-8H2,1H3;1H. The summed E-state index contributed by atoms with van der Waals surface area (Å²) in [5, 5.41) is 3.49. The second kappa shape index (κ2) is 4.64. The van der Waals surface area contributed by atoms with Crippen molar-refractivity contribution in [2.45, 2.75) is 25.8 Å². The molecule has 1 aliphatic carbocycles. The van der Waals surface area contributed by atoms with E-state index in [0.29, 0.717) is 6.04 Å². The molecule has 72 valence electrons. The first-order valence-corrected chi connectivity index (χ1v) is 4.70. The van der Waals surface area contributed by atoms with Crippen LogP contribution in [0, 0.1) is 0 Å². The first-order chi connectivity index (χ1) is 5.90. The van der Waals surface area contributed by atoms with Gasteiger partial charge in [-0.15, -0.1) is 12.4 Å². The van der Waals surface area contributed by atoms with Gasteiger partial charge in [-0.3, -0.25) is 0 Å². The first kappa shape index (κ1) is 10.6. The van der Waals surface area contributed by atoms with Gasteiger partial charge >= 0.3 is 0 Å². The summed E-state index contributed by atoms with van der Waals surface area (Å²) >= 11 is 0. The monoisotopic (exact) mass is 197 g/mol. The molecule has 2 rings (SSSR count). The van der Waals surface area contributed by atoms with E-state index >= 15 is 0 Å². The molecule has 0 bridgehead atoms. The van der Waals surface area contributed by atoms with Crippen LogP contribution in [0.1, 0.15) is 18.1 Å². The molecule has 0 fully saturated rings. The van der Waals surface area contributed by atoms with Crippen molar-refractivity contribution in [2.75, 3.05) is 6.54 Å². The predicted octanol–water partition coefficient (Wildman–Crippen LogP) is 2.19. The third kappa shape index (κ3) is 2.23. The molecule has 1 aliphatic rings. The Hall–Kier alpha value is -0.530. The minimum Gasteiger partial charge on any atom is -0.314 e. The van der Waals surface area contributed by atoms with Crippen LogP contribution in [0.3, 0.4) is 0 Å². The van der Waals surface area contributed by atoms with Crippen molar-refractivity contribution in [3.63, 3.8) is 0 Å². The van der Waals surface area contributed by atoms with Crippen molar-refractivity contribution >= 4 is 12.4 Å². The summed E-state index contributed by atoms with van der Waals surface area (Å²) in [5.41, 5.74) is 3.06. The maximum Gasteiger partial charge on any atom is 0.0148 e. The van der Waals surface area contributed by atoms with Crippen LogP contribution in [-0.4, -0.2) is 12.6 Å². The first-order valence-electron chi connectivity index (χ1n) is 4.70. The van der Waals surface area contributed by atoms with Gasteiger partial charge in [-0.25, -0.2) is 0 Å². The molecule has 0 saturated carbocycles. The normalized spacial score (nSPS) is 15.2. The molecule has 0 saturated heterocycles. The molecular weight excluding hydrogens is 182 g/mol. The molecule has 0 unspecified atom stereocenters. The fraction of sp³-hybridized carbons (Fsp3) is 0.455. The van der Waals surface area contributed by atoms with Gasteiger partial charge in [0.05, 0.1) is 0 Å². The van der Waals surface area contributed by atoms with Crippen LogP contribution < -0.4 is 5.32 Å². The number of hydrogen-bond donors (Lipinski definition) is 1. The summed E-state index contributed by atoms with van der Waals surface area (Å²) in [6.07, 6.45) is 2.42. The van der Waals surface area contributed by atoms with Gasteiger partial charge in [0.15, 0.2) is 0 Å². The second-order valence-electron chi connectivity index (χ2n) is 3.43. The average molecular weight is 198 g/mol. The van der Waals surface area contributed by atoms with E-state index in [0.717, 1.165) is 6.54 Å². The lowest BCUT2D eigenvalue weighted by Gasteiger charge is -2.08. The Morgan fingerprint density at radius 1 is 1.23 bits per heavy atom. The van der Waals surface area contributed by atoms with E-state index in [9.17, 15) is 0 Å². The van der Waals surface area contributed by atoms with Crippen molar-refractivity contribution in [1.29, 1.82) is 0 Å². The highest BCUT2D eigenvalue weighted by Crippen LogP contribution is 2.21. The molecule has 1 nitrogen and oxygen atoms in total. The molecule has 0 radical (unpaired) electrons. The zero-order valence-electron chi connectivity index (χ0n) is 7.92. The van der Waals surface area contributed by atoms with Crippen molar-refractivity contribution < 1.29 is 0 Å². The third-order valence-electron chi connectivity index (χ3n) is 2.54. The maximum atomic E-state index is 3.49. The number of likely N-dealkylation sites (N-methyl/N-ethyl adjacent to an activating group) is 1. The van der Waals surface area contributed by atoms with Gasteiger partial charge in [-0.05, 0) is 30.5 Å². The highest BCUT2D eigenvalue weighted by Gasteiger charge is 2.18. The van der Waals surface area contributed by atoms with Crippen LogP contribution in [0.5, 0.6) is 0 Å². The van der Waals surface area contributed by atoms with Crippen LogP contribution in [0.15, 0.2) is 24.3 Å². The van der Waals surface area contributed by atoms with Gasteiger partial charge in [0, 0.05) is 6.04 Å². The van der Waals surface area contributed by atoms with Crippen LogP contribution in [0.25, 0.3) is 0 Å². The van der Waals surface area contributed by atoms with Gasteiger partial charge in [0.2, 0.25) is 0 Å². The van der Waals surface area contributed by atoms with Crippen LogP contribution >= 0.6 is 12.4 Å². The quantitative estimate of drug-likeness (QED) is 0.767. The molecule has 2 heteroatoms. The minimum absolute atomic E-state index is 0. The van der Waals surface area contributed by atoms with Crippen molar-refractivity contribution in [3.05, 3.63) is 35.4 Å². The molecule has 0 aromatic heterocycles. The maximum absolute atomic E-state index is 3.49. The van der Waals surface area contributed by atoms with Crippen molar-refractivity contribution in [3.8, 4) is 0 Å². The van der Waals surface area contributed by atoms with Gasteiger partial charge in [-0.1, -0.05) is 31.2 Å². The van der Waals surface area contributed by atoms with Gasteiger partial charge in [0.1, 0.15) is 0 Å². The molecule has 13 heavy (non-hydrogen) atoms. The Bertz CT molecular complexity index is 248. The fourth-order valence-corrected chi connectivity index (χ4v) is 1.99. The lowest BCUT2D eigenvalue weighted by Crippen LogP contribution is -2.28. The van der Waals surface area contributed by atoms with E-state index < -0.39 is 0 Å². The third-order valence-corrected chi connectivity index (χ3v) is 2.54. The summed E-state index contributed by atoms with van der Waals surface area (Å²) in [6, 6.07) is 9.44. The zero-order valence-corrected chi connectivity index (χ0v) is 8.73. The number of rotatable bonds is 2. The Morgan fingerprint density at radius 3 is 2.23 bits per heavy atom. The van der Waals surface area contributed by atoms with Gasteiger partial charge < -0.3 is 5.32 Å². The Labute approximate surface area is 86.0 Å². The van der Waals surface area contributed by atoms with E-state index in [1.807, 2.05) is 0 Å². The fourth-order valence-electron chi connectivity index (χ4n) is 1.99. The molecule has 0 aliphatic heterocycles. The Kier molecular flexibility index (Phi) is 3.76. The molecule has 1 aromatic carbocycles. The largest absolute Gasteiger partial charge is 0.314 e. The van der Waals surface area contributed by atoms with Crippen LogP contribution in [0.4, 0.5) is 0 Å². The van der Waals surface area contributed by atoms with Crippen LogP contribution in [0.2, 0.25) is 0 Å². The molecule has 0 heterocycles. The van der Waals surface area contributed by atoms with Crippen molar-refractivity contribution in [2.24, 2.45) is 0 Å². The molecule has 1 N–H and O–H groups in total. The second-order valence-corrected chi connectivity index (χ2v) is 3.43. The lowest BCUT2D eigenvalue weighted by molar-refractivity contribution is 0.552. The van der Waals surface area contributed by atoms with E-state index in [-0.39, 0.29) is 12.4 Å². The predicted molar refractivity (Wildman–Crippen MR) is 58.6 cm³/mol. The minimum atomic E-state index is 0. The summed E-state index contributed by atoms with van der Waals surface area (Å²) in [4.78, 5) is 0. The molecule has 0 atom stereocenters. The van der Waals surface area contributed by atoms with Gasteiger partial charge in [-0.2, -0.15) is 0 Å². The van der Waals surface area contributed by atoms with E-state index in [1.54, 1.807) is 0 Å². The number of fused-ring (bicyclic) bond motifs is 1. The number of benzene rings is 1.